The zero-order chi connectivity index (χ0) is 58.4. The molecule has 1 N–H and O–H groups in total. The van der Waals surface area contributed by atoms with Crippen LogP contribution in [0, 0.1) is 0 Å². The number of carbonyl (C=O) groups excluding carboxylic acids is 2. The van der Waals surface area contributed by atoms with Crippen molar-refractivity contribution in [3.8, 4) is 0 Å². The maximum absolute atomic E-state index is 12.8. The summed E-state index contributed by atoms with van der Waals surface area (Å²) in [6.07, 6.45) is 84.9. The highest BCUT2D eigenvalue weighted by molar-refractivity contribution is 7.47. The van der Waals surface area contributed by atoms with E-state index in [4.69, 9.17) is 18.5 Å². The van der Waals surface area contributed by atoms with E-state index in [0.29, 0.717) is 17.4 Å². The summed E-state index contributed by atoms with van der Waals surface area (Å²) >= 11 is 0. The molecule has 0 saturated carbocycles. The Balaban J connectivity index is 4.00. The fourth-order valence-electron chi connectivity index (χ4n) is 8.86. The first-order valence-electron chi connectivity index (χ1n) is 32.6. The summed E-state index contributed by atoms with van der Waals surface area (Å²) in [5.41, 5.74) is 0. The van der Waals surface area contributed by atoms with Crippen molar-refractivity contribution in [2.75, 3.05) is 47.5 Å². The van der Waals surface area contributed by atoms with Crippen LogP contribution in [0.15, 0.2) is 109 Å². The van der Waals surface area contributed by atoms with Crippen LogP contribution in [0.5, 0.6) is 0 Å². The van der Waals surface area contributed by atoms with Gasteiger partial charge in [0.1, 0.15) is 19.8 Å². The summed E-state index contributed by atoms with van der Waals surface area (Å²) in [5, 5.41) is 0. The van der Waals surface area contributed by atoms with Gasteiger partial charge in [-0.3, -0.25) is 18.6 Å². The quantitative estimate of drug-likeness (QED) is 0.0211. The smallest absolute Gasteiger partial charge is 0.462 e. The largest absolute Gasteiger partial charge is 0.472 e. The van der Waals surface area contributed by atoms with Crippen molar-refractivity contribution in [1.29, 1.82) is 0 Å². The van der Waals surface area contributed by atoms with Gasteiger partial charge in [0.25, 0.3) is 0 Å². The second kappa shape index (κ2) is 60.3. The predicted octanol–water partition coefficient (Wildman–Crippen LogP) is 20.9. The molecule has 0 aromatic rings. The highest BCUT2D eigenvalue weighted by Gasteiger charge is 2.27. The molecule has 0 aromatic carbocycles. The lowest BCUT2D eigenvalue weighted by Gasteiger charge is -2.24. The molecule has 0 heterocycles. The lowest BCUT2D eigenvalue weighted by molar-refractivity contribution is -0.870. The number of unbranched alkanes of at least 4 members (excludes halogenated alkanes) is 27. The molecule has 0 saturated heterocycles. The van der Waals surface area contributed by atoms with Gasteiger partial charge >= 0.3 is 19.8 Å². The molecule has 2 atom stereocenters. The van der Waals surface area contributed by atoms with E-state index < -0.39 is 26.5 Å². The van der Waals surface area contributed by atoms with Gasteiger partial charge in [0.05, 0.1) is 27.7 Å². The number of allylic oxidation sites excluding steroid dienone is 18. The maximum atomic E-state index is 12.8. The molecule has 0 spiro atoms. The van der Waals surface area contributed by atoms with Gasteiger partial charge in [0, 0.05) is 12.8 Å². The molecule has 460 valence electrons. The highest BCUT2D eigenvalue weighted by Crippen LogP contribution is 2.43. The number of hydrogen-bond acceptors (Lipinski definition) is 7. The number of quaternary nitrogens is 1. The Hall–Kier alpha value is -3.33. The van der Waals surface area contributed by atoms with Crippen molar-refractivity contribution in [1.82, 2.24) is 0 Å². The van der Waals surface area contributed by atoms with Gasteiger partial charge in [-0.2, -0.15) is 0 Å². The average molecular weight is 1140 g/mol. The number of nitrogens with zero attached hydrogens (tertiary/aromatic N) is 1. The monoisotopic (exact) mass is 1140 g/mol. The number of rotatable bonds is 59. The van der Waals surface area contributed by atoms with E-state index in [2.05, 4.69) is 123 Å². The Bertz CT molecular complexity index is 1720. The van der Waals surface area contributed by atoms with Crippen molar-refractivity contribution < 1.29 is 42.1 Å². The molecule has 0 aliphatic carbocycles. The van der Waals surface area contributed by atoms with E-state index in [1.807, 2.05) is 21.1 Å². The molecular weight excluding hydrogens is 1010 g/mol. The van der Waals surface area contributed by atoms with Gasteiger partial charge in [0.2, 0.25) is 0 Å². The summed E-state index contributed by atoms with van der Waals surface area (Å²) in [7, 11) is 1.45. The summed E-state index contributed by atoms with van der Waals surface area (Å²) in [6.45, 7) is 4.18. The molecule has 0 aromatic heterocycles. The van der Waals surface area contributed by atoms with Crippen molar-refractivity contribution in [2.24, 2.45) is 0 Å². The summed E-state index contributed by atoms with van der Waals surface area (Å²) in [5.74, 6) is -0.832. The standard InChI is InChI=1S/C70H122NO8P/c1-6-8-10-12-14-16-18-20-22-24-26-27-28-29-30-31-32-33-34-35-36-37-38-39-40-41-42-43-45-46-48-50-52-54-56-58-60-62-69(72)76-66-68(67-78-80(74,75)77-65-64-71(3,4)5)79-70(73)63-61-59-57-55-53-51-49-47-44-25-23-21-19-17-15-13-11-9-7-2/h8-11,14-17,20-23,26-27,44,47,51,53,68H,6-7,12-13,18-19,24-25,28-43,45-46,48-50,52,54-67H2,1-5H3/p+1/b10-8-,11-9-,16-14-,17-15-,22-20-,23-21-,27-26-,47-44-,53-51-. The number of likely N-dealkylation sites (N-methyl/N-ethyl adjacent to an activating group) is 1. The van der Waals surface area contributed by atoms with Crippen LogP contribution in [0.25, 0.3) is 0 Å². The van der Waals surface area contributed by atoms with E-state index in [9.17, 15) is 19.0 Å². The molecular formula is C70H123NO8P+. The third-order valence-electron chi connectivity index (χ3n) is 13.8. The highest BCUT2D eigenvalue weighted by atomic mass is 31.2. The second-order valence-corrected chi connectivity index (χ2v) is 24.2. The van der Waals surface area contributed by atoms with Crippen LogP contribution in [0.3, 0.4) is 0 Å². The minimum Gasteiger partial charge on any atom is -0.462 e. The van der Waals surface area contributed by atoms with Gasteiger partial charge in [-0.15, -0.1) is 0 Å². The molecule has 0 aliphatic heterocycles. The average Bonchev–Trinajstić information content (AvgIpc) is 3.42. The third-order valence-corrected chi connectivity index (χ3v) is 14.8. The van der Waals surface area contributed by atoms with Crippen molar-refractivity contribution >= 4 is 19.8 Å². The number of carbonyl (C=O) groups is 2. The van der Waals surface area contributed by atoms with Crippen molar-refractivity contribution in [3.05, 3.63) is 109 Å². The molecule has 0 radical (unpaired) electrons. The summed E-state index contributed by atoms with van der Waals surface area (Å²) < 4.78 is 34.6. The van der Waals surface area contributed by atoms with Gasteiger partial charge in [-0.25, -0.2) is 4.57 Å². The van der Waals surface area contributed by atoms with Crippen molar-refractivity contribution in [3.63, 3.8) is 0 Å². The van der Waals surface area contributed by atoms with Crippen LogP contribution < -0.4 is 0 Å². The Morgan fingerprint density at radius 1 is 0.388 bits per heavy atom. The van der Waals surface area contributed by atoms with Crippen LogP contribution in [-0.4, -0.2) is 74.9 Å². The first kappa shape index (κ1) is 76.7. The zero-order valence-corrected chi connectivity index (χ0v) is 53.2. The van der Waals surface area contributed by atoms with Crippen LogP contribution in [0.2, 0.25) is 0 Å². The number of ether oxygens (including phenoxy) is 2. The van der Waals surface area contributed by atoms with E-state index in [1.54, 1.807) is 0 Å². The molecule has 0 amide bonds. The predicted molar refractivity (Wildman–Crippen MR) is 344 cm³/mol. The molecule has 0 bridgehead atoms. The molecule has 0 fully saturated rings. The normalized spacial score (nSPS) is 13.9. The first-order valence-corrected chi connectivity index (χ1v) is 34.1. The topological polar surface area (TPSA) is 108 Å². The van der Waals surface area contributed by atoms with Gasteiger partial charge in [0.15, 0.2) is 6.10 Å². The van der Waals surface area contributed by atoms with Crippen molar-refractivity contribution in [2.45, 2.75) is 277 Å². The Labute approximate surface area is 493 Å². The van der Waals surface area contributed by atoms with E-state index in [0.717, 1.165) is 96.3 Å². The van der Waals surface area contributed by atoms with Gasteiger partial charge in [-0.05, 0) is 96.3 Å². The fourth-order valence-corrected chi connectivity index (χ4v) is 9.60. The van der Waals surface area contributed by atoms with Crippen LogP contribution >= 0.6 is 7.82 Å². The van der Waals surface area contributed by atoms with Gasteiger partial charge < -0.3 is 18.9 Å². The lowest BCUT2D eigenvalue weighted by Crippen LogP contribution is -2.37. The number of esters is 2. The van der Waals surface area contributed by atoms with Gasteiger partial charge in [-0.1, -0.05) is 271 Å². The Kier molecular flexibility index (Phi) is 57.8. The van der Waals surface area contributed by atoms with Crippen LogP contribution in [0.4, 0.5) is 0 Å². The Morgan fingerprint density at radius 3 is 1.01 bits per heavy atom. The fraction of sp³-hybridized carbons (Fsp3) is 0.714. The lowest BCUT2D eigenvalue weighted by atomic mass is 10.0. The number of hydrogen-bond donors (Lipinski definition) is 1. The van der Waals surface area contributed by atoms with Crippen LogP contribution in [0.1, 0.15) is 271 Å². The first-order chi connectivity index (χ1) is 39.0. The minimum absolute atomic E-state index is 0.0215. The molecule has 2 unspecified atom stereocenters. The van der Waals surface area contributed by atoms with Crippen LogP contribution in [-0.2, 0) is 32.7 Å². The Morgan fingerprint density at radius 2 is 0.675 bits per heavy atom. The number of phosphoric acid groups is 1. The minimum atomic E-state index is -4.40. The molecule has 9 nitrogen and oxygen atoms in total. The van der Waals surface area contributed by atoms with E-state index in [1.165, 1.54) is 141 Å². The SMILES string of the molecule is CC/C=C\C/C=C\C/C=C\C/C=C\C/C=C\CCCCCC(=O)OC(COC(=O)CCCCCCCCCCCCCCCCCCCCCCCCCC/C=C\C/C=C\C/C=C\C/C=C\CC)COP(=O)(O)OCC[N+](C)(C)C. The molecule has 0 rings (SSSR count). The van der Waals surface area contributed by atoms with E-state index in [-0.39, 0.29) is 32.0 Å². The zero-order valence-electron chi connectivity index (χ0n) is 52.3. The molecule has 10 heteroatoms. The second-order valence-electron chi connectivity index (χ2n) is 22.7. The van der Waals surface area contributed by atoms with E-state index >= 15 is 0 Å². The number of phosphoric ester groups is 1. The summed E-state index contributed by atoms with van der Waals surface area (Å²) in [4.78, 5) is 35.7. The summed E-state index contributed by atoms with van der Waals surface area (Å²) in [6, 6.07) is 0. The molecule has 80 heavy (non-hydrogen) atoms. The molecule has 0 aliphatic rings. The third kappa shape index (κ3) is 63.8. The maximum Gasteiger partial charge on any atom is 0.472 e.